The van der Waals surface area contributed by atoms with Crippen LogP contribution in [0.2, 0.25) is 0 Å². The van der Waals surface area contributed by atoms with Gasteiger partial charge in [-0.15, -0.1) is 0 Å². The van der Waals surface area contributed by atoms with Crippen LogP contribution in [0.15, 0.2) is 0 Å². The van der Waals surface area contributed by atoms with Gasteiger partial charge in [-0.2, -0.15) is 0 Å². The first-order chi connectivity index (χ1) is 8.34. The van der Waals surface area contributed by atoms with E-state index in [1.54, 1.807) is 0 Å². The van der Waals surface area contributed by atoms with E-state index < -0.39 is 5.97 Å². The molecule has 0 heterocycles. The molecule has 3 heteroatoms. The molecule has 2 atom stereocenters. The van der Waals surface area contributed by atoms with E-state index in [0.29, 0.717) is 5.41 Å². The highest BCUT2D eigenvalue weighted by Gasteiger charge is 2.46. The van der Waals surface area contributed by atoms with Crippen molar-refractivity contribution in [2.75, 3.05) is 6.61 Å². The number of rotatable bonds is 4. The Morgan fingerprint density at radius 1 is 1.22 bits per heavy atom. The predicted molar refractivity (Wildman–Crippen MR) is 70.5 cm³/mol. The summed E-state index contributed by atoms with van der Waals surface area (Å²) >= 11 is 0. The molecule has 0 aromatic heterocycles. The zero-order valence-electron chi connectivity index (χ0n) is 11.9. The smallest absolute Gasteiger partial charge is 0.329 e. The molecule has 0 aliphatic heterocycles. The molecule has 2 saturated carbocycles. The van der Waals surface area contributed by atoms with Gasteiger partial charge in [-0.3, -0.25) is 0 Å². The molecule has 2 aliphatic rings. The molecule has 0 aromatic carbocycles. The first-order valence-electron chi connectivity index (χ1n) is 7.20. The number of hydrogen-bond acceptors (Lipinski definition) is 2. The third-order valence-corrected chi connectivity index (χ3v) is 4.82. The van der Waals surface area contributed by atoms with Crippen LogP contribution in [0.1, 0.15) is 59.3 Å². The van der Waals surface area contributed by atoms with Crippen molar-refractivity contribution in [2.24, 2.45) is 17.3 Å². The Balaban J connectivity index is 2.05. The maximum atomic E-state index is 10.7. The van der Waals surface area contributed by atoms with Crippen molar-refractivity contribution in [1.82, 2.24) is 0 Å². The van der Waals surface area contributed by atoms with Gasteiger partial charge < -0.3 is 9.84 Å². The first-order valence-corrected chi connectivity index (χ1v) is 7.20. The second-order valence-corrected chi connectivity index (χ2v) is 7.17. The largest absolute Gasteiger partial charge is 0.480 e. The monoisotopic (exact) mass is 254 g/mol. The second kappa shape index (κ2) is 4.84. The highest BCUT2D eigenvalue weighted by Crippen LogP contribution is 2.52. The highest BCUT2D eigenvalue weighted by molar-refractivity contribution is 5.68. The molecular formula is C15H26O3. The molecular weight excluding hydrogens is 228 g/mol. The fraction of sp³-hybridized carbons (Fsp3) is 0.933. The van der Waals surface area contributed by atoms with Crippen molar-refractivity contribution in [3.8, 4) is 0 Å². The van der Waals surface area contributed by atoms with Gasteiger partial charge in [0.1, 0.15) is 6.61 Å². The molecule has 0 saturated heterocycles. The lowest BCUT2D eigenvalue weighted by Gasteiger charge is -2.51. The van der Waals surface area contributed by atoms with Gasteiger partial charge in [-0.05, 0) is 55.8 Å². The van der Waals surface area contributed by atoms with Gasteiger partial charge in [0.05, 0.1) is 5.60 Å². The summed E-state index contributed by atoms with van der Waals surface area (Å²) in [5, 5.41) is 8.82. The van der Waals surface area contributed by atoms with Crippen LogP contribution >= 0.6 is 0 Å². The Morgan fingerprint density at radius 2 is 1.78 bits per heavy atom. The Labute approximate surface area is 110 Å². The molecule has 2 bridgehead atoms. The van der Waals surface area contributed by atoms with Crippen LogP contribution in [-0.4, -0.2) is 23.3 Å². The highest BCUT2D eigenvalue weighted by atomic mass is 16.5. The van der Waals surface area contributed by atoms with Crippen molar-refractivity contribution in [3.05, 3.63) is 0 Å². The van der Waals surface area contributed by atoms with Crippen LogP contribution in [0.4, 0.5) is 0 Å². The van der Waals surface area contributed by atoms with E-state index in [2.05, 4.69) is 20.8 Å². The minimum Gasteiger partial charge on any atom is -0.480 e. The van der Waals surface area contributed by atoms with Crippen LogP contribution in [0, 0.1) is 17.3 Å². The summed E-state index contributed by atoms with van der Waals surface area (Å²) in [7, 11) is 0. The number of carboxylic acids is 1. The number of ether oxygens (including phenoxy) is 1. The van der Waals surface area contributed by atoms with Crippen LogP contribution in [0.25, 0.3) is 0 Å². The quantitative estimate of drug-likeness (QED) is 0.835. The number of carbonyl (C=O) groups is 1. The number of carboxylic acid groups (broad SMARTS) is 1. The number of fused-ring (bicyclic) bond motifs is 2. The summed E-state index contributed by atoms with van der Waals surface area (Å²) in [5.41, 5.74) is 0.294. The summed E-state index contributed by atoms with van der Waals surface area (Å²) in [6, 6.07) is 0. The third kappa shape index (κ3) is 3.05. The Kier molecular flexibility index (Phi) is 3.72. The van der Waals surface area contributed by atoms with Gasteiger partial charge in [0, 0.05) is 0 Å². The maximum Gasteiger partial charge on any atom is 0.329 e. The summed E-state index contributed by atoms with van der Waals surface area (Å²) < 4.78 is 5.79. The minimum absolute atomic E-state index is 0.142. The molecule has 1 N–H and O–H groups in total. The van der Waals surface area contributed by atoms with Gasteiger partial charge >= 0.3 is 5.97 Å². The van der Waals surface area contributed by atoms with Gasteiger partial charge in [-0.1, -0.05) is 20.8 Å². The molecule has 104 valence electrons. The molecule has 0 aromatic rings. The van der Waals surface area contributed by atoms with Gasteiger partial charge in [0.25, 0.3) is 0 Å². The summed E-state index contributed by atoms with van der Waals surface area (Å²) in [5.74, 6) is 0.598. The van der Waals surface area contributed by atoms with Crippen molar-refractivity contribution >= 4 is 5.97 Å². The maximum absolute atomic E-state index is 10.7. The van der Waals surface area contributed by atoms with Gasteiger partial charge in [0.15, 0.2) is 0 Å². The van der Waals surface area contributed by atoms with E-state index in [1.807, 2.05) is 0 Å². The van der Waals surface area contributed by atoms with Crippen molar-refractivity contribution in [2.45, 2.75) is 64.9 Å². The van der Waals surface area contributed by atoms with Crippen LogP contribution in [0.3, 0.4) is 0 Å². The molecule has 0 radical (unpaired) electrons. The average Bonchev–Trinajstić information content (AvgIpc) is 2.23. The third-order valence-electron chi connectivity index (χ3n) is 4.82. The lowest BCUT2D eigenvalue weighted by atomic mass is 9.58. The average molecular weight is 254 g/mol. The molecule has 2 rings (SSSR count). The topological polar surface area (TPSA) is 46.5 Å². The lowest BCUT2D eigenvalue weighted by Crippen LogP contribution is -2.46. The van der Waals surface area contributed by atoms with Crippen LogP contribution in [-0.2, 0) is 9.53 Å². The Morgan fingerprint density at radius 3 is 2.22 bits per heavy atom. The Hall–Kier alpha value is -0.570. The van der Waals surface area contributed by atoms with E-state index >= 15 is 0 Å². The molecule has 0 amide bonds. The van der Waals surface area contributed by atoms with Crippen molar-refractivity contribution < 1.29 is 14.6 Å². The van der Waals surface area contributed by atoms with E-state index in [9.17, 15) is 4.79 Å². The van der Waals surface area contributed by atoms with Crippen LogP contribution in [0.5, 0.6) is 0 Å². The van der Waals surface area contributed by atoms with E-state index in [-0.39, 0.29) is 12.2 Å². The molecule has 3 nitrogen and oxygen atoms in total. The van der Waals surface area contributed by atoms with Crippen LogP contribution < -0.4 is 0 Å². The summed E-state index contributed by atoms with van der Waals surface area (Å²) in [6.07, 6.45) is 6.89. The predicted octanol–water partition coefficient (Wildman–Crippen LogP) is 3.47. The van der Waals surface area contributed by atoms with Crippen molar-refractivity contribution in [3.63, 3.8) is 0 Å². The zero-order valence-corrected chi connectivity index (χ0v) is 11.9. The fourth-order valence-electron chi connectivity index (χ4n) is 4.45. The standard InChI is InChI=1S/C15H26O3/c1-4-15(18-10-13(16)17)8-11-5-12(9-15)7-14(2,3)6-11/h11-12H,4-10H2,1-3H3,(H,16,17). The Bertz CT molecular complexity index is 306. The SMILES string of the molecule is CCC1(OCC(=O)O)CC2CC(CC(C)(C)C2)C1. The van der Waals surface area contributed by atoms with E-state index in [4.69, 9.17) is 9.84 Å². The van der Waals surface area contributed by atoms with E-state index in [1.165, 1.54) is 19.3 Å². The minimum atomic E-state index is -0.848. The molecule has 2 unspecified atom stereocenters. The summed E-state index contributed by atoms with van der Waals surface area (Å²) in [4.78, 5) is 10.7. The second-order valence-electron chi connectivity index (χ2n) is 7.17. The molecule has 18 heavy (non-hydrogen) atoms. The number of aliphatic carboxylic acids is 1. The summed E-state index contributed by atoms with van der Waals surface area (Å²) in [6.45, 7) is 6.72. The normalized spacial score (nSPS) is 38.4. The molecule has 2 fully saturated rings. The lowest BCUT2D eigenvalue weighted by molar-refractivity contribution is -0.160. The molecule has 0 spiro atoms. The van der Waals surface area contributed by atoms with Crippen molar-refractivity contribution in [1.29, 1.82) is 0 Å². The fourth-order valence-corrected chi connectivity index (χ4v) is 4.45. The first kappa shape index (κ1) is 13.9. The van der Waals surface area contributed by atoms with E-state index in [0.717, 1.165) is 31.1 Å². The van der Waals surface area contributed by atoms with Gasteiger partial charge in [0.2, 0.25) is 0 Å². The van der Waals surface area contributed by atoms with Gasteiger partial charge in [-0.25, -0.2) is 4.79 Å². The zero-order chi connectivity index (χ0) is 13.4. The number of hydrogen-bond donors (Lipinski definition) is 1. The molecule has 2 aliphatic carbocycles.